The molecule has 0 N–H and O–H groups in total. The standard InChI is InChI=1S/C23H22F2N4O/c1-15-27-22-11-19(24)4-5-20(22)23(30)29(15)13-16-6-8-28(9-7-16)14-18-3-2-17(12-26)10-21(18)25/h2-5,10-11,16H,6-9,13-14H2,1H3. The summed E-state index contributed by atoms with van der Waals surface area (Å²) >= 11 is 0. The molecule has 0 radical (unpaired) electrons. The molecule has 2 heterocycles. The fourth-order valence-electron chi connectivity index (χ4n) is 4.09. The number of nitrogens with zero attached hydrogens (tertiary/aromatic N) is 4. The van der Waals surface area contributed by atoms with Crippen molar-refractivity contribution < 1.29 is 8.78 Å². The molecular weight excluding hydrogens is 386 g/mol. The van der Waals surface area contributed by atoms with E-state index in [-0.39, 0.29) is 11.4 Å². The van der Waals surface area contributed by atoms with Crippen molar-refractivity contribution in [2.45, 2.75) is 32.9 Å². The average molecular weight is 408 g/mol. The number of hydrogen-bond acceptors (Lipinski definition) is 4. The molecule has 0 saturated carbocycles. The number of piperidine rings is 1. The van der Waals surface area contributed by atoms with Gasteiger partial charge in [-0.1, -0.05) is 6.07 Å². The van der Waals surface area contributed by atoms with Crippen molar-refractivity contribution in [1.29, 1.82) is 5.26 Å². The summed E-state index contributed by atoms with van der Waals surface area (Å²) in [7, 11) is 0. The van der Waals surface area contributed by atoms with Gasteiger partial charge in [0.25, 0.3) is 5.56 Å². The molecule has 1 saturated heterocycles. The van der Waals surface area contributed by atoms with Crippen LogP contribution in [0, 0.1) is 35.8 Å². The van der Waals surface area contributed by atoms with Crippen LogP contribution in [0.2, 0.25) is 0 Å². The lowest BCUT2D eigenvalue weighted by molar-refractivity contribution is 0.164. The second-order valence-corrected chi connectivity index (χ2v) is 7.87. The van der Waals surface area contributed by atoms with Gasteiger partial charge in [-0.25, -0.2) is 13.8 Å². The molecule has 1 fully saturated rings. The Bertz CT molecular complexity index is 1190. The third kappa shape index (κ3) is 4.10. The van der Waals surface area contributed by atoms with Crippen LogP contribution in [-0.4, -0.2) is 27.5 Å². The summed E-state index contributed by atoms with van der Waals surface area (Å²) < 4.78 is 29.3. The van der Waals surface area contributed by atoms with Gasteiger partial charge in [0.05, 0.1) is 22.5 Å². The van der Waals surface area contributed by atoms with Crippen LogP contribution in [0.1, 0.15) is 29.8 Å². The lowest BCUT2D eigenvalue weighted by atomic mass is 9.96. The summed E-state index contributed by atoms with van der Waals surface area (Å²) in [6.07, 6.45) is 1.79. The topological polar surface area (TPSA) is 61.9 Å². The fourth-order valence-corrected chi connectivity index (χ4v) is 4.09. The Morgan fingerprint density at radius 3 is 2.63 bits per heavy atom. The van der Waals surface area contributed by atoms with Crippen LogP contribution in [0.15, 0.2) is 41.2 Å². The van der Waals surface area contributed by atoms with E-state index in [1.54, 1.807) is 23.6 Å². The van der Waals surface area contributed by atoms with Crippen LogP contribution in [0.5, 0.6) is 0 Å². The first-order chi connectivity index (χ1) is 14.4. The van der Waals surface area contributed by atoms with E-state index in [2.05, 4.69) is 9.88 Å². The van der Waals surface area contributed by atoms with Gasteiger partial charge in [0, 0.05) is 24.7 Å². The van der Waals surface area contributed by atoms with Crippen molar-refractivity contribution in [3.63, 3.8) is 0 Å². The van der Waals surface area contributed by atoms with Crippen molar-refractivity contribution >= 4 is 10.9 Å². The number of rotatable bonds is 4. The predicted octanol–water partition coefficient (Wildman–Crippen LogP) is 3.77. The lowest BCUT2D eigenvalue weighted by Crippen LogP contribution is -2.36. The van der Waals surface area contributed by atoms with E-state index in [1.807, 2.05) is 6.07 Å². The molecule has 0 amide bonds. The molecule has 0 spiro atoms. The lowest BCUT2D eigenvalue weighted by Gasteiger charge is -2.32. The van der Waals surface area contributed by atoms with Crippen molar-refractivity contribution in [2.75, 3.05) is 13.1 Å². The first-order valence-electron chi connectivity index (χ1n) is 10.0. The molecule has 1 aromatic heterocycles. The van der Waals surface area contributed by atoms with Gasteiger partial charge in [-0.05, 0) is 63.0 Å². The van der Waals surface area contributed by atoms with Crippen LogP contribution < -0.4 is 5.56 Å². The maximum Gasteiger partial charge on any atom is 0.261 e. The smallest absolute Gasteiger partial charge is 0.261 e. The van der Waals surface area contributed by atoms with Crippen LogP contribution in [0.25, 0.3) is 10.9 Å². The second kappa shape index (κ2) is 8.33. The molecular formula is C23H22F2N4O. The Morgan fingerprint density at radius 2 is 1.93 bits per heavy atom. The maximum atomic E-state index is 14.2. The van der Waals surface area contributed by atoms with Gasteiger partial charge in [0.15, 0.2) is 0 Å². The van der Waals surface area contributed by atoms with E-state index in [4.69, 9.17) is 5.26 Å². The van der Waals surface area contributed by atoms with E-state index < -0.39 is 5.82 Å². The van der Waals surface area contributed by atoms with Gasteiger partial charge in [-0.15, -0.1) is 0 Å². The van der Waals surface area contributed by atoms with Crippen LogP contribution in [0.4, 0.5) is 8.78 Å². The number of nitriles is 1. The van der Waals surface area contributed by atoms with Gasteiger partial charge in [-0.2, -0.15) is 5.26 Å². The van der Waals surface area contributed by atoms with Crippen LogP contribution in [-0.2, 0) is 13.1 Å². The Balaban J connectivity index is 1.42. The number of hydrogen-bond donors (Lipinski definition) is 0. The molecule has 0 aliphatic carbocycles. The molecule has 154 valence electrons. The van der Waals surface area contributed by atoms with Crippen molar-refractivity contribution in [3.05, 3.63) is 75.3 Å². The molecule has 30 heavy (non-hydrogen) atoms. The summed E-state index contributed by atoms with van der Waals surface area (Å²) in [6, 6.07) is 10.6. The van der Waals surface area contributed by atoms with E-state index in [1.165, 1.54) is 24.3 Å². The molecule has 0 bridgehead atoms. The zero-order valence-corrected chi connectivity index (χ0v) is 16.7. The van der Waals surface area contributed by atoms with E-state index >= 15 is 0 Å². The quantitative estimate of drug-likeness (QED) is 0.659. The first kappa shape index (κ1) is 20.2. The second-order valence-electron chi connectivity index (χ2n) is 7.87. The highest BCUT2D eigenvalue weighted by Gasteiger charge is 2.22. The minimum absolute atomic E-state index is 0.139. The summed E-state index contributed by atoms with van der Waals surface area (Å²) in [5.41, 5.74) is 1.15. The maximum absolute atomic E-state index is 14.2. The molecule has 3 aromatic rings. The zero-order valence-electron chi connectivity index (χ0n) is 16.7. The van der Waals surface area contributed by atoms with Crippen LogP contribution in [0.3, 0.4) is 0 Å². The SMILES string of the molecule is Cc1nc2cc(F)ccc2c(=O)n1CC1CCN(Cc2ccc(C#N)cc2F)CC1. The molecule has 1 aliphatic rings. The summed E-state index contributed by atoms with van der Waals surface area (Å²) in [5, 5.41) is 9.29. The van der Waals surface area contributed by atoms with Crippen molar-refractivity contribution in [2.24, 2.45) is 5.92 Å². The molecule has 4 rings (SSSR count). The van der Waals surface area contributed by atoms with E-state index in [0.717, 1.165) is 25.9 Å². The Hall–Kier alpha value is -3.11. The Kier molecular flexibility index (Phi) is 5.60. The minimum atomic E-state index is -0.405. The summed E-state index contributed by atoms with van der Waals surface area (Å²) in [6.45, 7) is 4.47. The van der Waals surface area contributed by atoms with Crippen molar-refractivity contribution in [1.82, 2.24) is 14.5 Å². The largest absolute Gasteiger partial charge is 0.299 e. The predicted molar refractivity (Wildman–Crippen MR) is 110 cm³/mol. The molecule has 1 aliphatic heterocycles. The highest BCUT2D eigenvalue weighted by molar-refractivity contribution is 5.77. The average Bonchev–Trinajstić information content (AvgIpc) is 2.73. The highest BCUT2D eigenvalue weighted by atomic mass is 19.1. The van der Waals surface area contributed by atoms with Gasteiger partial charge in [0.1, 0.15) is 17.5 Å². The van der Waals surface area contributed by atoms with Gasteiger partial charge in [-0.3, -0.25) is 14.3 Å². The normalized spacial score (nSPS) is 15.4. The number of aromatic nitrogens is 2. The molecule has 5 nitrogen and oxygen atoms in total. The summed E-state index contributed by atoms with van der Waals surface area (Å²) in [4.78, 5) is 19.5. The fraction of sp³-hybridized carbons (Fsp3) is 0.348. The Labute approximate surface area is 173 Å². The number of halogens is 2. The molecule has 2 aromatic carbocycles. The number of aryl methyl sites for hydroxylation is 1. The highest BCUT2D eigenvalue weighted by Crippen LogP contribution is 2.22. The molecule has 0 atom stereocenters. The molecule has 0 unspecified atom stereocenters. The van der Waals surface area contributed by atoms with E-state index in [0.29, 0.717) is 46.9 Å². The number of likely N-dealkylation sites (tertiary alicyclic amines) is 1. The third-order valence-electron chi connectivity index (χ3n) is 5.83. The Morgan fingerprint density at radius 1 is 1.17 bits per heavy atom. The summed E-state index contributed by atoms with van der Waals surface area (Å²) in [5.74, 6) is 0.151. The number of fused-ring (bicyclic) bond motifs is 1. The third-order valence-corrected chi connectivity index (χ3v) is 5.83. The van der Waals surface area contributed by atoms with Gasteiger partial charge in [0.2, 0.25) is 0 Å². The minimum Gasteiger partial charge on any atom is -0.299 e. The monoisotopic (exact) mass is 408 g/mol. The van der Waals surface area contributed by atoms with Crippen molar-refractivity contribution in [3.8, 4) is 6.07 Å². The van der Waals surface area contributed by atoms with Crippen LogP contribution >= 0.6 is 0 Å². The van der Waals surface area contributed by atoms with E-state index in [9.17, 15) is 13.6 Å². The first-order valence-corrected chi connectivity index (χ1v) is 10.0. The zero-order chi connectivity index (χ0) is 21.3. The van der Waals surface area contributed by atoms with Gasteiger partial charge < -0.3 is 0 Å². The molecule has 7 heteroatoms. The number of benzene rings is 2. The van der Waals surface area contributed by atoms with Gasteiger partial charge >= 0.3 is 0 Å².